The maximum absolute atomic E-state index is 12.7. The Morgan fingerprint density at radius 3 is 3.04 bits per heavy atom. The number of hydrogen-bond acceptors (Lipinski definition) is 6. The van der Waals surface area contributed by atoms with Crippen LogP contribution in [0.25, 0.3) is 0 Å². The average molecular weight is 346 g/mol. The van der Waals surface area contributed by atoms with Gasteiger partial charge in [-0.05, 0) is 26.7 Å². The molecule has 2 aromatic rings. The molecule has 1 saturated heterocycles. The standard InChI is InChI=1S/C16H22N6O3/c1-3-22-15(8-9-17-22)21-10-4-5-12(16(21)24)19-13(23)6-7-14-18-11(2)20-25-14/h8-9,12H,3-7,10H2,1-2H3,(H,19,23)/t12-/m1/s1. The number of carbonyl (C=O) groups excluding carboxylic acids is 2. The zero-order valence-corrected chi connectivity index (χ0v) is 14.4. The van der Waals surface area contributed by atoms with E-state index in [1.165, 1.54) is 0 Å². The summed E-state index contributed by atoms with van der Waals surface area (Å²) in [6.07, 6.45) is 3.72. The van der Waals surface area contributed by atoms with E-state index in [9.17, 15) is 9.59 Å². The van der Waals surface area contributed by atoms with Gasteiger partial charge in [0.15, 0.2) is 5.82 Å². The maximum atomic E-state index is 12.7. The lowest BCUT2D eigenvalue weighted by Crippen LogP contribution is -2.53. The van der Waals surface area contributed by atoms with Gasteiger partial charge in [-0.15, -0.1) is 0 Å². The molecule has 1 fully saturated rings. The fourth-order valence-corrected chi connectivity index (χ4v) is 2.96. The zero-order chi connectivity index (χ0) is 17.8. The van der Waals surface area contributed by atoms with Gasteiger partial charge in [-0.2, -0.15) is 10.1 Å². The van der Waals surface area contributed by atoms with Gasteiger partial charge < -0.3 is 9.84 Å². The largest absolute Gasteiger partial charge is 0.344 e. The fourth-order valence-electron chi connectivity index (χ4n) is 2.96. The summed E-state index contributed by atoms with van der Waals surface area (Å²) in [7, 11) is 0. The molecule has 0 aromatic carbocycles. The van der Waals surface area contributed by atoms with E-state index in [0.29, 0.717) is 37.6 Å². The number of aryl methyl sites for hydroxylation is 3. The van der Waals surface area contributed by atoms with Crippen LogP contribution >= 0.6 is 0 Å². The molecule has 25 heavy (non-hydrogen) atoms. The summed E-state index contributed by atoms with van der Waals surface area (Å²) in [6, 6.07) is 1.31. The van der Waals surface area contributed by atoms with E-state index in [0.717, 1.165) is 12.2 Å². The van der Waals surface area contributed by atoms with E-state index >= 15 is 0 Å². The topological polar surface area (TPSA) is 106 Å². The van der Waals surface area contributed by atoms with Crippen LogP contribution in [0.1, 0.15) is 37.9 Å². The van der Waals surface area contributed by atoms with Gasteiger partial charge in [-0.3, -0.25) is 14.5 Å². The lowest BCUT2D eigenvalue weighted by molar-refractivity contribution is -0.128. The molecule has 2 aromatic heterocycles. The van der Waals surface area contributed by atoms with Gasteiger partial charge in [0.2, 0.25) is 11.8 Å². The minimum Gasteiger partial charge on any atom is -0.344 e. The van der Waals surface area contributed by atoms with Crippen LogP contribution in [0, 0.1) is 6.92 Å². The van der Waals surface area contributed by atoms with E-state index in [4.69, 9.17) is 4.52 Å². The summed E-state index contributed by atoms with van der Waals surface area (Å²) in [5.74, 6) is 1.45. The average Bonchev–Trinajstić information content (AvgIpc) is 3.23. The number of piperidine rings is 1. The summed E-state index contributed by atoms with van der Waals surface area (Å²) in [5, 5.41) is 10.7. The van der Waals surface area contributed by atoms with Gasteiger partial charge in [0.1, 0.15) is 11.9 Å². The van der Waals surface area contributed by atoms with Crippen LogP contribution in [-0.4, -0.2) is 44.3 Å². The Hall–Kier alpha value is -2.71. The molecule has 3 rings (SSSR count). The first kappa shape index (κ1) is 17.1. The van der Waals surface area contributed by atoms with Gasteiger partial charge >= 0.3 is 0 Å². The lowest BCUT2D eigenvalue weighted by Gasteiger charge is -2.32. The molecule has 0 unspecified atom stereocenters. The molecule has 3 heterocycles. The highest BCUT2D eigenvalue weighted by atomic mass is 16.5. The van der Waals surface area contributed by atoms with E-state index in [1.54, 1.807) is 22.7 Å². The maximum Gasteiger partial charge on any atom is 0.250 e. The van der Waals surface area contributed by atoms with E-state index in [2.05, 4.69) is 20.6 Å². The first-order valence-corrected chi connectivity index (χ1v) is 8.50. The van der Waals surface area contributed by atoms with Crippen molar-refractivity contribution in [3.63, 3.8) is 0 Å². The third-order valence-corrected chi connectivity index (χ3v) is 4.18. The Morgan fingerprint density at radius 2 is 2.32 bits per heavy atom. The Bertz CT molecular complexity index is 753. The number of hydrogen-bond donors (Lipinski definition) is 1. The molecule has 1 aliphatic rings. The number of nitrogens with one attached hydrogen (secondary N) is 1. The zero-order valence-electron chi connectivity index (χ0n) is 14.4. The van der Waals surface area contributed by atoms with Crippen molar-refractivity contribution in [1.29, 1.82) is 0 Å². The van der Waals surface area contributed by atoms with Gasteiger partial charge in [0.25, 0.3) is 5.91 Å². The van der Waals surface area contributed by atoms with Crippen LogP contribution in [0.2, 0.25) is 0 Å². The summed E-state index contributed by atoms with van der Waals surface area (Å²) in [5.41, 5.74) is 0. The van der Waals surface area contributed by atoms with E-state index in [-0.39, 0.29) is 18.2 Å². The molecule has 0 radical (unpaired) electrons. The lowest BCUT2D eigenvalue weighted by atomic mass is 10.0. The second-order valence-electron chi connectivity index (χ2n) is 5.99. The highest BCUT2D eigenvalue weighted by Gasteiger charge is 2.32. The molecular weight excluding hydrogens is 324 g/mol. The van der Waals surface area contributed by atoms with Crippen molar-refractivity contribution in [2.45, 2.75) is 52.1 Å². The second-order valence-corrected chi connectivity index (χ2v) is 5.99. The minimum absolute atomic E-state index is 0.0940. The molecule has 0 saturated carbocycles. The summed E-state index contributed by atoms with van der Waals surface area (Å²) < 4.78 is 6.77. The van der Waals surface area contributed by atoms with Crippen LogP contribution in [-0.2, 0) is 22.6 Å². The van der Waals surface area contributed by atoms with Gasteiger partial charge in [-0.1, -0.05) is 5.16 Å². The number of rotatable bonds is 6. The van der Waals surface area contributed by atoms with E-state index < -0.39 is 6.04 Å². The van der Waals surface area contributed by atoms with Crippen LogP contribution in [0.15, 0.2) is 16.8 Å². The van der Waals surface area contributed by atoms with Crippen molar-refractivity contribution in [1.82, 2.24) is 25.2 Å². The number of aromatic nitrogens is 4. The molecule has 0 bridgehead atoms. The Balaban J connectivity index is 1.58. The molecule has 0 aliphatic carbocycles. The number of amides is 2. The van der Waals surface area contributed by atoms with Crippen molar-refractivity contribution in [3.8, 4) is 0 Å². The molecule has 0 spiro atoms. The molecule has 134 valence electrons. The molecule has 9 nitrogen and oxygen atoms in total. The third-order valence-electron chi connectivity index (χ3n) is 4.18. The first-order valence-electron chi connectivity index (χ1n) is 8.50. The predicted octanol–water partition coefficient (Wildman–Crippen LogP) is 0.839. The SMILES string of the molecule is CCn1nccc1N1CCC[C@@H](NC(=O)CCc2nc(C)no2)C1=O. The van der Waals surface area contributed by atoms with Crippen LogP contribution < -0.4 is 10.2 Å². The van der Waals surface area contributed by atoms with Crippen molar-refractivity contribution in [3.05, 3.63) is 24.0 Å². The number of nitrogens with zero attached hydrogens (tertiary/aromatic N) is 5. The van der Waals surface area contributed by atoms with Crippen molar-refractivity contribution in [2.75, 3.05) is 11.4 Å². The Labute approximate surface area is 145 Å². The smallest absolute Gasteiger partial charge is 0.250 e. The van der Waals surface area contributed by atoms with Crippen LogP contribution in [0.4, 0.5) is 5.82 Å². The Kier molecular flexibility index (Phi) is 5.11. The summed E-state index contributed by atoms with van der Waals surface area (Å²) >= 11 is 0. The molecule has 1 aliphatic heterocycles. The van der Waals surface area contributed by atoms with Gasteiger partial charge in [0, 0.05) is 32.0 Å². The molecule has 9 heteroatoms. The molecule has 1 atom stereocenters. The Morgan fingerprint density at radius 1 is 1.48 bits per heavy atom. The summed E-state index contributed by atoms with van der Waals surface area (Å²) in [6.45, 7) is 5.03. The highest BCUT2D eigenvalue weighted by molar-refractivity contribution is 5.99. The first-order chi connectivity index (χ1) is 12.1. The minimum atomic E-state index is -0.508. The monoisotopic (exact) mass is 346 g/mol. The highest BCUT2D eigenvalue weighted by Crippen LogP contribution is 2.21. The van der Waals surface area contributed by atoms with E-state index in [1.807, 2.05) is 13.0 Å². The normalized spacial score (nSPS) is 17.8. The van der Waals surface area contributed by atoms with Crippen LogP contribution in [0.5, 0.6) is 0 Å². The third kappa shape index (κ3) is 3.86. The number of anilines is 1. The summed E-state index contributed by atoms with van der Waals surface area (Å²) in [4.78, 5) is 30.7. The molecule has 2 amide bonds. The molecular formula is C16H22N6O3. The van der Waals surface area contributed by atoms with Crippen molar-refractivity contribution in [2.24, 2.45) is 0 Å². The van der Waals surface area contributed by atoms with Gasteiger partial charge in [0.05, 0.1) is 6.20 Å². The molecule has 1 N–H and O–H groups in total. The predicted molar refractivity (Wildman–Crippen MR) is 88.8 cm³/mol. The quantitative estimate of drug-likeness (QED) is 0.831. The second kappa shape index (κ2) is 7.45. The van der Waals surface area contributed by atoms with Gasteiger partial charge in [-0.25, -0.2) is 4.68 Å². The van der Waals surface area contributed by atoms with Crippen molar-refractivity contribution < 1.29 is 14.1 Å². The van der Waals surface area contributed by atoms with Crippen molar-refractivity contribution >= 4 is 17.6 Å². The number of carbonyl (C=O) groups is 2. The van der Waals surface area contributed by atoms with Crippen LogP contribution in [0.3, 0.4) is 0 Å². The fraction of sp³-hybridized carbons (Fsp3) is 0.562.